The van der Waals surface area contributed by atoms with Crippen LogP contribution in [0.4, 0.5) is 4.39 Å². The Morgan fingerprint density at radius 1 is 1.43 bits per heavy atom. The number of ether oxygens (including phenoxy) is 1. The van der Waals surface area contributed by atoms with Gasteiger partial charge in [0.2, 0.25) is 0 Å². The third-order valence-electron chi connectivity index (χ3n) is 3.52. The van der Waals surface area contributed by atoms with Crippen LogP contribution in [0.3, 0.4) is 0 Å². The fourth-order valence-corrected chi connectivity index (χ4v) is 2.25. The van der Waals surface area contributed by atoms with Gasteiger partial charge in [0.05, 0.1) is 18.8 Å². The summed E-state index contributed by atoms with van der Waals surface area (Å²) in [5, 5.41) is 8.72. The summed E-state index contributed by atoms with van der Waals surface area (Å²) in [6.45, 7) is 2.40. The standard InChI is InChI=1S/C17H22FNO2/c1-21-11-9-19(16-6-7-16)13-14-5-8-17(18)15(12-14)4-2-3-10-20/h5,8,12,16,20H,3,6-7,9-11,13H2,1H3. The van der Waals surface area contributed by atoms with E-state index in [4.69, 9.17) is 9.84 Å². The Balaban J connectivity index is 2.05. The first-order valence-corrected chi connectivity index (χ1v) is 7.35. The molecule has 0 radical (unpaired) electrons. The number of benzene rings is 1. The largest absolute Gasteiger partial charge is 0.395 e. The second kappa shape index (κ2) is 8.14. The zero-order valence-corrected chi connectivity index (χ0v) is 12.4. The minimum atomic E-state index is -0.306. The van der Waals surface area contributed by atoms with Crippen molar-refractivity contribution in [2.24, 2.45) is 0 Å². The highest BCUT2D eigenvalue weighted by atomic mass is 19.1. The van der Waals surface area contributed by atoms with Crippen LogP contribution in [-0.2, 0) is 11.3 Å². The first-order valence-electron chi connectivity index (χ1n) is 7.35. The van der Waals surface area contributed by atoms with Gasteiger partial charge < -0.3 is 9.84 Å². The minimum absolute atomic E-state index is 0.000779. The number of rotatable bonds is 7. The fraction of sp³-hybridized carbons (Fsp3) is 0.529. The second-order valence-corrected chi connectivity index (χ2v) is 5.28. The van der Waals surface area contributed by atoms with Gasteiger partial charge >= 0.3 is 0 Å². The highest BCUT2D eigenvalue weighted by molar-refractivity contribution is 5.38. The van der Waals surface area contributed by atoms with Crippen molar-refractivity contribution in [2.45, 2.75) is 31.8 Å². The highest BCUT2D eigenvalue weighted by Gasteiger charge is 2.28. The molecular formula is C17H22FNO2. The smallest absolute Gasteiger partial charge is 0.138 e. The summed E-state index contributed by atoms with van der Waals surface area (Å²) in [6.07, 6.45) is 2.83. The average Bonchev–Trinajstić information content (AvgIpc) is 3.31. The van der Waals surface area contributed by atoms with E-state index < -0.39 is 0 Å². The van der Waals surface area contributed by atoms with E-state index in [1.165, 1.54) is 18.9 Å². The molecule has 0 bridgehead atoms. The average molecular weight is 291 g/mol. The number of hydrogen-bond acceptors (Lipinski definition) is 3. The van der Waals surface area contributed by atoms with E-state index in [2.05, 4.69) is 16.7 Å². The molecule has 0 aliphatic heterocycles. The van der Waals surface area contributed by atoms with Gasteiger partial charge in [0.1, 0.15) is 5.82 Å². The molecule has 0 amide bonds. The monoisotopic (exact) mass is 291 g/mol. The van der Waals surface area contributed by atoms with Gasteiger partial charge in [0.15, 0.2) is 0 Å². The molecular weight excluding hydrogens is 269 g/mol. The zero-order chi connectivity index (χ0) is 15.1. The molecule has 1 aliphatic rings. The lowest BCUT2D eigenvalue weighted by molar-refractivity contribution is 0.139. The molecule has 1 aliphatic carbocycles. The third kappa shape index (κ3) is 5.13. The van der Waals surface area contributed by atoms with Crippen molar-refractivity contribution in [3.63, 3.8) is 0 Å². The maximum atomic E-state index is 13.7. The van der Waals surface area contributed by atoms with E-state index >= 15 is 0 Å². The Bertz CT molecular complexity index is 517. The molecule has 0 spiro atoms. The number of halogens is 1. The predicted octanol–water partition coefficient (Wildman–Crippen LogP) is 2.17. The Hall–Kier alpha value is -1.41. The maximum Gasteiger partial charge on any atom is 0.138 e. The van der Waals surface area contributed by atoms with Crippen molar-refractivity contribution >= 4 is 0 Å². The molecule has 4 heteroatoms. The van der Waals surface area contributed by atoms with E-state index in [-0.39, 0.29) is 12.4 Å². The first kappa shape index (κ1) is 16.0. The quantitative estimate of drug-likeness (QED) is 0.782. The first-order chi connectivity index (χ1) is 10.2. The van der Waals surface area contributed by atoms with Crippen LogP contribution in [0.25, 0.3) is 0 Å². The van der Waals surface area contributed by atoms with Crippen molar-refractivity contribution in [1.29, 1.82) is 0 Å². The van der Waals surface area contributed by atoms with Gasteiger partial charge in [0.25, 0.3) is 0 Å². The molecule has 0 unspecified atom stereocenters. The molecule has 3 nitrogen and oxygen atoms in total. The van der Waals surface area contributed by atoms with Crippen LogP contribution in [0.1, 0.15) is 30.4 Å². The van der Waals surface area contributed by atoms with Crippen LogP contribution in [0.5, 0.6) is 0 Å². The number of aliphatic hydroxyl groups excluding tert-OH is 1. The normalized spacial score (nSPS) is 14.1. The predicted molar refractivity (Wildman–Crippen MR) is 80.3 cm³/mol. The summed E-state index contributed by atoms with van der Waals surface area (Å²) >= 11 is 0. The van der Waals surface area contributed by atoms with E-state index in [9.17, 15) is 4.39 Å². The van der Waals surface area contributed by atoms with Gasteiger partial charge in [-0.2, -0.15) is 0 Å². The summed E-state index contributed by atoms with van der Waals surface area (Å²) in [7, 11) is 1.71. The second-order valence-electron chi connectivity index (χ2n) is 5.28. The van der Waals surface area contributed by atoms with E-state index in [1.54, 1.807) is 7.11 Å². The number of nitrogens with zero attached hydrogens (tertiary/aromatic N) is 1. The molecule has 1 saturated carbocycles. The van der Waals surface area contributed by atoms with E-state index in [1.807, 2.05) is 12.1 Å². The summed E-state index contributed by atoms with van der Waals surface area (Å²) in [5.41, 5.74) is 1.47. The van der Waals surface area contributed by atoms with E-state index in [0.29, 0.717) is 24.6 Å². The molecule has 0 atom stereocenters. The Kier molecular flexibility index (Phi) is 6.19. The van der Waals surface area contributed by atoms with Crippen LogP contribution < -0.4 is 0 Å². The number of methoxy groups -OCH3 is 1. The SMILES string of the molecule is COCCN(Cc1ccc(F)c(C#CCCO)c1)C1CC1. The van der Waals surface area contributed by atoms with Crippen molar-refractivity contribution in [3.05, 3.63) is 35.1 Å². The van der Waals surface area contributed by atoms with Crippen molar-refractivity contribution in [1.82, 2.24) is 4.90 Å². The summed E-state index contributed by atoms with van der Waals surface area (Å²) in [4.78, 5) is 2.38. The van der Waals surface area contributed by atoms with Gasteiger partial charge in [-0.3, -0.25) is 4.90 Å². The molecule has 1 fully saturated rings. The van der Waals surface area contributed by atoms with E-state index in [0.717, 1.165) is 18.7 Å². The highest BCUT2D eigenvalue weighted by Crippen LogP contribution is 2.28. The Morgan fingerprint density at radius 2 is 2.24 bits per heavy atom. The van der Waals surface area contributed by atoms with Crippen LogP contribution in [0.2, 0.25) is 0 Å². The number of aliphatic hydroxyl groups is 1. The molecule has 2 rings (SSSR count). The minimum Gasteiger partial charge on any atom is -0.395 e. The molecule has 0 saturated heterocycles. The molecule has 21 heavy (non-hydrogen) atoms. The number of hydrogen-bond donors (Lipinski definition) is 1. The van der Waals surface area contributed by atoms with Gasteiger partial charge in [-0.15, -0.1) is 0 Å². The third-order valence-corrected chi connectivity index (χ3v) is 3.52. The van der Waals surface area contributed by atoms with Gasteiger partial charge in [-0.05, 0) is 30.5 Å². The van der Waals surface area contributed by atoms with Gasteiger partial charge in [0, 0.05) is 32.7 Å². The molecule has 0 aromatic heterocycles. The Morgan fingerprint density at radius 3 is 2.90 bits per heavy atom. The topological polar surface area (TPSA) is 32.7 Å². The maximum absolute atomic E-state index is 13.7. The van der Waals surface area contributed by atoms with Crippen LogP contribution in [0.15, 0.2) is 18.2 Å². The summed E-state index contributed by atoms with van der Waals surface area (Å²) in [5.74, 6) is 5.25. The van der Waals surface area contributed by atoms with Crippen LogP contribution in [-0.4, -0.2) is 42.9 Å². The fourth-order valence-electron chi connectivity index (χ4n) is 2.25. The van der Waals surface area contributed by atoms with Gasteiger partial charge in [-0.25, -0.2) is 4.39 Å². The van der Waals surface area contributed by atoms with Crippen molar-refractivity contribution < 1.29 is 14.2 Å². The summed E-state index contributed by atoms with van der Waals surface area (Å²) < 4.78 is 18.9. The lowest BCUT2D eigenvalue weighted by Gasteiger charge is -2.21. The van der Waals surface area contributed by atoms with Crippen LogP contribution in [0, 0.1) is 17.7 Å². The van der Waals surface area contributed by atoms with Crippen molar-refractivity contribution in [3.8, 4) is 11.8 Å². The Labute approximate surface area is 125 Å². The van der Waals surface area contributed by atoms with Gasteiger partial charge in [-0.1, -0.05) is 17.9 Å². The molecule has 1 aromatic rings. The molecule has 0 heterocycles. The summed E-state index contributed by atoms with van der Waals surface area (Å²) in [6, 6.07) is 5.73. The van der Waals surface area contributed by atoms with Crippen molar-refractivity contribution in [2.75, 3.05) is 26.9 Å². The lowest BCUT2D eigenvalue weighted by Crippen LogP contribution is -2.29. The molecule has 114 valence electrons. The lowest BCUT2D eigenvalue weighted by atomic mass is 10.1. The molecule has 1 aromatic carbocycles. The molecule has 1 N–H and O–H groups in total. The zero-order valence-electron chi connectivity index (χ0n) is 12.4. The van der Waals surface area contributed by atoms with Crippen LogP contribution >= 0.6 is 0 Å².